The predicted octanol–water partition coefficient (Wildman–Crippen LogP) is 6.01. The summed E-state index contributed by atoms with van der Waals surface area (Å²) in [5.74, 6) is -1.02. The molecule has 1 fully saturated rings. The van der Waals surface area contributed by atoms with Gasteiger partial charge in [0.15, 0.2) is 5.13 Å². The van der Waals surface area contributed by atoms with Gasteiger partial charge >= 0.3 is 5.91 Å². The molecule has 1 atom stereocenters. The molecule has 0 saturated carbocycles. The minimum absolute atomic E-state index is 0.0222. The number of fused-ring (bicyclic) bond motifs is 1. The Kier molecular flexibility index (Phi) is 6.29. The molecule has 5 rings (SSSR count). The molecule has 2 aromatic heterocycles. The monoisotopic (exact) mass is 513 g/mol. The van der Waals surface area contributed by atoms with E-state index in [4.69, 9.17) is 4.74 Å². The van der Waals surface area contributed by atoms with Gasteiger partial charge in [-0.2, -0.15) is 0 Å². The molecular formula is C29H27N3O4S. The maximum atomic E-state index is 13.5. The zero-order valence-corrected chi connectivity index (χ0v) is 21.9. The summed E-state index contributed by atoms with van der Waals surface area (Å²) in [6.07, 6.45) is 3.06. The highest BCUT2D eigenvalue weighted by Gasteiger charge is 2.48. The van der Waals surface area contributed by atoms with Crippen molar-refractivity contribution in [2.75, 3.05) is 11.5 Å². The van der Waals surface area contributed by atoms with Crippen molar-refractivity contribution >= 4 is 44.1 Å². The number of thiazole rings is 1. The lowest BCUT2D eigenvalue weighted by molar-refractivity contribution is -0.132. The fourth-order valence-electron chi connectivity index (χ4n) is 4.43. The maximum absolute atomic E-state index is 13.5. The normalized spacial score (nSPS) is 17.5. The lowest BCUT2D eigenvalue weighted by Crippen LogP contribution is -2.29. The molecular weight excluding hydrogens is 486 g/mol. The molecule has 188 valence electrons. The highest BCUT2D eigenvalue weighted by atomic mass is 32.1. The van der Waals surface area contributed by atoms with Crippen molar-refractivity contribution < 1.29 is 19.4 Å². The van der Waals surface area contributed by atoms with E-state index in [2.05, 4.69) is 30.7 Å². The Bertz CT molecular complexity index is 1520. The van der Waals surface area contributed by atoms with Crippen molar-refractivity contribution in [2.45, 2.75) is 39.2 Å². The Hall–Kier alpha value is -4.04. The van der Waals surface area contributed by atoms with Crippen LogP contribution in [0.1, 0.15) is 50.4 Å². The lowest BCUT2D eigenvalue weighted by Gasteiger charge is -2.24. The number of Topliss-reactive ketones (excluding diaryl/α,β-unsaturated/α-hetero) is 1. The number of carbonyl (C=O) groups excluding carboxylic acids is 2. The van der Waals surface area contributed by atoms with Crippen molar-refractivity contribution in [2.24, 2.45) is 0 Å². The van der Waals surface area contributed by atoms with E-state index in [1.165, 1.54) is 28.6 Å². The van der Waals surface area contributed by atoms with E-state index in [0.29, 0.717) is 34.1 Å². The molecule has 4 aromatic rings. The van der Waals surface area contributed by atoms with Crippen LogP contribution in [0.4, 0.5) is 5.13 Å². The number of aliphatic hydroxyl groups is 1. The molecule has 0 spiro atoms. The number of aliphatic hydroxyl groups excluding tert-OH is 1. The minimum Gasteiger partial charge on any atom is -0.507 e. The molecule has 1 N–H and O–H groups in total. The second kappa shape index (κ2) is 9.44. The van der Waals surface area contributed by atoms with Crippen molar-refractivity contribution in [3.8, 4) is 5.75 Å². The number of benzene rings is 2. The van der Waals surface area contributed by atoms with Gasteiger partial charge < -0.3 is 9.84 Å². The fraction of sp³-hybridized carbons (Fsp3) is 0.241. The number of amides is 1. The second-order valence-electron chi connectivity index (χ2n) is 9.84. The Balaban J connectivity index is 1.69. The first-order valence-electron chi connectivity index (χ1n) is 12.0. The number of aromatic nitrogens is 2. The van der Waals surface area contributed by atoms with Gasteiger partial charge in [-0.05, 0) is 53.8 Å². The third-order valence-corrected chi connectivity index (χ3v) is 7.37. The Morgan fingerprint density at radius 1 is 1.05 bits per heavy atom. The molecule has 37 heavy (non-hydrogen) atoms. The highest BCUT2D eigenvalue weighted by Crippen LogP contribution is 2.45. The molecule has 2 aromatic carbocycles. The van der Waals surface area contributed by atoms with Crippen LogP contribution in [-0.2, 0) is 15.0 Å². The largest absolute Gasteiger partial charge is 0.507 e. The standard InChI is InChI=1S/C29H27N3O4S/c1-5-36-20-10-11-21-22(16-20)37-28(31-21)32-24(17-6-8-19(9-7-17)29(2,3)4)23(26(34)27(32)35)25(33)18-12-14-30-15-13-18/h6-16,24,33H,5H2,1-4H3. The molecule has 0 aliphatic carbocycles. The third-order valence-electron chi connectivity index (χ3n) is 6.36. The molecule has 1 saturated heterocycles. The van der Waals surface area contributed by atoms with Crippen LogP contribution in [0.25, 0.3) is 16.0 Å². The first kappa shape index (κ1) is 24.6. The van der Waals surface area contributed by atoms with E-state index in [-0.39, 0.29) is 16.7 Å². The van der Waals surface area contributed by atoms with Gasteiger partial charge in [-0.3, -0.25) is 19.5 Å². The van der Waals surface area contributed by atoms with Gasteiger partial charge in [0.2, 0.25) is 0 Å². The molecule has 8 heteroatoms. The number of hydrogen-bond acceptors (Lipinski definition) is 7. The first-order chi connectivity index (χ1) is 17.7. The molecule has 1 amide bonds. The van der Waals surface area contributed by atoms with Gasteiger partial charge in [-0.1, -0.05) is 56.4 Å². The summed E-state index contributed by atoms with van der Waals surface area (Å²) in [7, 11) is 0. The molecule has 1 unspecified atom stereocenters. The minimum atomic E-state index is -0.839. The van der Waals surface area contributed by atoms with Gasteiger partial charge in [-0.25, -0.2) is 4.98 Å². The van der Waals surface area contributed by atoms with Gasteiger partial charge in [0, 0.05) is 18.0 Å². The van der Waals surface area contributed by atoms with Crippen LogP contribution in [0.15, 0.2) is 72.6 Å². The topological polar surface area (TPSA) is 92.6 Å². The number of anilines is 1. The molecule has 1 aliphatic heterocycles. The molecule has 3 heterocycles. The summed E-state index contributed by atoms with van der Waals surface area (Å²) < 4.78 is 6.44. The Morgan fingerprint density at radius 3 is 2.41 bits per heavy atom. The Morgan fingerprint density at radius 2 is 1.76 bits per heavy atom. The number of ketones is 1. The molecule has 0 radical (unpaired) electrons. The van der Waals surface area contributed by atoms with Gasteiger partial charge in [-0.15, -0.1) is 0 Å². The van der Waals surface area contributed by atoms with Gasteiger partial charge in [0.1, 0.15) is 11.5 Å². The third kappa shape index (κ3) is 4.49. The number of rotatable bonds is 5. The summed E-state index contributed by atoms with van der Waals surface area (Å²) in [6.45, 7) is 8.81. The van der Waals surface area contributed by atoms with Crippen LogP contribution in [0.3, 0.4) is 0 Å². The summed E-state index contributed by atoms with van der Waals surface area (Å²) in [6, 6.07) is 15.7. The summed E-state index contributed by atoms with van der Waals surface area (Å²) >= 11 is 1.30. The van der Waals surface area contributed by atoms with E-state index in [1.54, 1.807) is 12.1 Å². The van der Waals surface area contributed by atoms with Crippen molar-refractivity contribution in [1.29, 1.82) is 0 Å². The average Bonchev–Trinajstić information content (AvgIpc) is 3.41. The quantitative estimate of drug-likeness (QED) is 0.199. The van der Waals surface area contributed by atoms with Crippen molar-refractivity contribution in [3.63, 3.8) is 0 Å². The van der Waals surface area contributed by atoms with Crippen molar-refractivity contribution in [3.05, 3.63) is 89.3 Å². The fourth-order valence-corrected chi connectivity index (χ4v) is 5.45. The van der Waals surface area contributed by atoms with Crippen LogP contribution in [0.5, 0.6) is 5.75 Å². The highest BCUT2D eigenvalue weighted by molar-refractivity contribution is 7.22. The maximum Gasteiger partial charge on any atom is 0.301 e. The molecule has 0 bridgehead atoms. The summed E-state index contributed by atoms with van der Waals surface area (Å²) in [5, 5.41) is 11.6. The second-order valence-corrected chi connectivity index (χ2v) is 10.8. The van der Waals surface area contributed by atoms with Crippen LogP contribution in [-0.4, -0.2) is 33.4 Å². The number of nitrogens with zero attached hydrogens (tertiary/aromatic N) is 3. The van der Waals surface area contributed by atoms with E-state index in [1.807, 2.05) is 49.4 Å². The zero-order valence-electron chi connectivity index (χ0n) is 21.1. The van der Waals surface area contributed by atoms with Gasteiger partial charge in [0.05, 0.1) is 28.4 Å². The lowest BCUT2D eigenvalue weighted by atomic mass is 9.85. The van der Waals surface area contributed by atoms with E-state index in [9.17, 15) is 14.7 Å². The van der Waals surface area contributed by atoms with Crippen LogP contribution in [0, 0.1) is 0 Å². The van der Waals surface area contributed by atoms with Crippen LogP contribution < -0.4 is 9.64 Å². The van der Waals surface area contributed by atoms with Gasteiger partial charge in [0.25, 0.3) is 5.78 Å². The van der Waals surface area contributed by atoms with Crippen LogP contribution in [0.2, 0.25) is 0 Å². The first-order valence-corrected chi connectivity index (χ1v) is 12.9. The van der Waals surface area contributed by atoms with Crippen molar-refractivity contribution in [1.82, 2.24) is 9.97 Å². The zero-order chi connectivity index (χ0) is 26.3. The predicted molar refractivity (Wildman–Crippen MR) is 145 cm³/mol. The average molecular weight is 514 g/mol. The van der Waals surface area contributed by atoms with E-state index in [0.717, 1.165) is 10.3 Å². The molecule has 7 nitrogen and oxygen atoms in total. The Labute approximate surface area is 219 Å². The van der Waals surface area contributed by atoms with Crippen LogP contribution >= 0.6 is 11.3 Å². The number of carbonyl (C=O) groups is 2. The van der Waals surface area contributed by atoms with E-state index < -0.39 is 17.7 Å². The number of ether oxygens (including phenoxy) is 1. The summed E-state index contributed by atoms with van der Waals surface area (Å²) in [4.78, 5) is 36.9. The molecule has 1 aliphatic rings. The smallest absolute Gasteiger partial charge is 0.301 e. The summed E-state index contributed by atoms with van der Waals surface area (Å²) in [5.41, 5.74) is 2.89. The number of hydrogen-bond donors (Lipinski definition) is 1. The van der Waals surface area contributed by atoms with E-state index >= 15 is 0 Å². The SMILES string of the molecule is CCOc1ccc2nc(N3C(=O)C(=O)C(=C(O)c4ccncc4)C3c3ccc(C(C)(C)C)cc3)sc2c1. The number of pyridine rings is 1.